The molecule has 1 aromatic carbocycles. The minimum absolute atomic E-state index is 0.00651. The van der Waals surface area contributed by atoms with Gasteiger partial charge in [-0.15, -0.1) is 0 Å². The molecule has 33 heavy (non-hydrogen) atoms. The zero-order valence-corrected chi connectivity index (χ0v) is 20.0. The first-order valence-electron chi connectivity index (χ1n) is 10.2. The summed E-state index contributed by atoms with van der Waals surface area (Å²) in [5.41, 5.74) is 7.56. The second-order valence-electron chi connectivity index (χ2n) is 7.82. The van der Waals surface area contributed by atoms with E-state index in [4.69, 9.17) is 29.2 Å². The Morgan fingerprint density at radius 3 is 3.03 bits per heavy atom. The molecule has 2 saturated heterocycles. The molecule has 0 saturated carbocycles. The van der Waals surface area contributed by atoms with Gasteiger partial charge in [-0.3, -0.25) is 0 Å². The molecule has 6 N–H and O–H groups in total. The Labute approximate surface area is 197 Å². The molecule has 5 unspecified atom stereocenters. The van der Waals surface area contributed by atoms with Crippen LogP contribution in [0.5, 0.6) is 0 Å². The molecule has 0 bridgehead atoms. The van der Waals surface area contributed by atoms with Gasteiger partial charge in [0.1, 0.15) is 0 Å². The van der Waals surface area contributed by atoms with Crippen molar-refractivity contribution in [3.8, 4) is 0 Å². The monoisotopic (exact) mass is 514 g/mol. The van der Waals surface area contributed by atoms with Gasteiger partial charge in [-0.25, -0.2) is 0 Å². The molecule has 178 valence electrons. The molecule has 15 heteroatoms. The zero-order valence-electron chi connectivity index (χ0n) is 17.3. The van der Waals surface area contributed by atoms with Crippen LogP contribution in [-0.2, 0) is 18.5 Å². The fourth-order valence-corrected chi connectivity index (χ4v) is 7.73. The maximum absolute atomic E-state index is 9.97. The number of benzene rings is 1. The molecule has 2 aromatic rings. The number of para-hydroxylation sites is 1. The fraction of sp³-hybridized carbons (Fsp3) is 0.444. The van der Waals surface area contributed by atoms with Gasteiger partial charge in [-0.2, -0.15) is 0 Å². The Hall–Kier alpha value is -1.58. The average Bonchev–Trinajstić information content (AvgIpc) is 3.45. The molecule has 0 radical (unpaired) electrons. The first-order chi connectivity index (χ1) is 15.9. The summed E-state index contributed by atoms with van der Waals surface area (Å²) in [7, 11) is -2.69. The van der Waals surface area contributed by atoms with Crippen molar-refractivity contribution in [2.45, 2.75) is 40.5 Å². The first-order valence-corrected chi connectivity index (χ1v) is 13.6. The van der Waals surface area contributed by atoms with Crippen LogP contribution < -0.4 is 16.4 Å². The first kappa shape index (κ1) is 21.9. The third-order valence-electron chi connectivity index (χ3n) is 5.81. The SMILES string of the molecule is COC1C(N2C3=C(NC2Sc2nc4ccccc4s2)C(N)NC=N3)OC2CO[PH](O)(O)O[C@H]21. The molecule has 0 amide bonds. The third kappa shape index (κ3) is 3.80. The van der Waals surface area contributed by atoms with Crippen molar-refractivity contribution in [1.82, 2.24) is 20.5 Å². The quantitative estimate of drug-likeness (QED) is 0.354. The number of nitrogens with zero attached hydrogens (tertiary/aromatic N) is 3. The van der Waals surface area contributed by atoms with Crippen LogP contribution in [0.15, 0.2) is 45.1 Å². The van der Waals surface area contributed by atoms with Crippen LogP contribution in [0.1, 0.15) is 0 Å². The number of fused-ring (bicyclic) bond motifs is 2. The zero-order chi connectivity index (χ0) is 22.7. The van der Waals surface area contributed by atoms with E-state index in [2.05, 4.69) is 15.6 Å². The predicted molar refractivity (Wildman–Crippen MR) is 124 cm³/mol. The van der Waals surface area contributed by atoms with E-state index in [0.29, 0.717) is 5.82 Å². The number of thiazole rings is 1. The van der Waals surface area contributed by atoms with Gasteiger partial charge in [-0.05, 0) is 0 Å². The van der Waals surface area contributed by atoms with Crippen LogP contribution in [0.25, 0.3) is 10.2 Å². The summed E-state index contributed by atoms with van der Waals surface area (Å²) in [6.07, 6.45) is -1.43. The van der Waals surface area contributed by atoms with Gasteiger partial charge in [0.05, 0.1) is 0 Å². The van der Waals surface area contributed by atoms with Crippen LogP contribution >= 0.6 is 31.3 Å². The molecule has 6 atom stereocenters. The molecule has 4 aliphatic heterocycles. The van der Waals surface area contributed by atoms with E-state index in [-0.39, 0.29) is 12.1 Å². The Balaban J connectivity index is 1.34. The number of nitrogens with two attached hydrogens (primary N) is 1. The summed E-state index contributed by atoms with van der Waals surface area (Å²) in [6.45, 7) is -0.00651. The molecule has 4 aliphatic rings. The van der Waals surface area contributed by atoms with Crippen molar-refractivity contribution in [3.63, 3.8) is 0 Å². The number of hydrogen-bond donors (Lipinski definition) is 5. The van der Waals surface area contributed by atoms with Gasteiger partial charge in [0, 0.05) is 0 Å². The number of hydrogen-bond acceptors (Lipinski definition) is 14. The normalized spacial score (nSPS) is 35.8. The standard InChI is InChI=1S/C18H23N6O6PS2/c1-27-13-12-9(6-28-31(25,26)30-12)29-16(13)24-15-11(14(19)20-7-21-15)23-17(24)33-18-22-8-4-2-3-5-10(8)32-18/h2-5,7,9,12-14,16-17,23,25-26,31H,6,19H2,1H3,(H,20,21)/t9?,12-,13?,14?,16?,17?/m1/s1. The molecule has 1 aromatic heterocycles. The second kappa shape index (κ2) is 8.27. The van der Waals surface area contributed by atoms with Gasteiger partial charge in [0.2, 0.25) is 0 Å². The van der Waals surface area contributed by atoms with Crippen molar-refractivity contribution in [1.29, 1.82) is 0 Å². The molecular formula is C18H23N6O6PS2. The number of thioether (sulfide) groups is 1. The van der Waals surface area contributed by atoms with E-state index >= 15 is 0 Å². The van der Waals surface area contributed by atoms with Crippen molar-refractivity contribution in [2.75, 3.05) is 13.7 Å². The summed E-state index contributed by atoms with van der Waals surface area (Å²) < 4.78 is 24.5. The van der Waals surface area contributed by atoms with Crippen LogP contribution in [0.4, 0.5) is 0 Å². The summed E-state index contributed by atoms with van der Waals surface area (Å²) in [5.74, 6) is 0.614. The summed E-state index contributed by atoms with van der Waals surface area (Å²) in [4.78, 5) is 31.1. The Kier molecular flexibility index (Phi) is 5.49. The Bertz CT molecular complexity index is 1100. The molecular weight excluding hydrogens is 491 g/mol. The average molecular weight is 515 g/mol. The topological polar surface area (TPSA) is 156 Å². The Morgan fingerprint density at radius 2 is 2.21 bits per heavy atom. The molecule has 0 spiro atoms. The summed E-state index contributed by atoms with van der Waals surface area (Å²) in [6, 6.07) is 7.96. The van der Waals surface area contributed by atoms with Gasteiger partial charge in [0.25, 0.3) is 0 Å². The second-order valence-corrected chi connectivity index (χ2v) is 11.8. The van der Waals surface area contributed by atoms with E-state index in [0.717, 1.165) is 20.3 Å². The molecule has 0 aliphatic carbocycles. The maximum atomic E-state index is 9.97. The van der Waals surface area contributed by atoms with E-state index in [9.17, 15) is 9.79 Å². The number of ether oxygens (including phenoxy) is 2. The molecule has 6 rings (SSSR count). The summed E-state index contributed by atoms with van der Waals surface area (Å²) in [5, 5.41) is 6.44. The van der Waals surface area contributed by atoms with E-state index in [1.54, 1.807) is 17.7 Å². The summed E-state index contributed by atoms with van der Waals surface area (Å²) >= 11 is 3.10. The Morgan fingerprint density at radius 1 is 1.36 bits per heavy atom. The van der Waals surface area contributed by atoms with Crippen molar-refractivity contribution >= 4 is 47.8 Å². The van der Waals surface area contributed by atoms with Gasteiger partial charge >= 0.3 is 197 Å². The number of aromatic nitrogens is 1. The predicted octanol–water partition coefficient (Wildman–Crippen LogP) is 0.212. The molecule has 12 nitrogen and oxygen atoms in total. The van der Waals surface area contributed by atoms with Crippen LogP contribution in [0.3, 0.4) is 0 Å². The molecule has 2 fully saturated rings. The fourth-order valence-electron chi connectivity index (χ4n) is 4.34. The third-order valence-corrected chi connectivity index (χ3v) is 9.17. The number of rotatable bonds is 4. The van der Waals surface area contributed by atoms with Crippen molar-refractivity contribution in [3.05, 3.63) is 35.8 Å². The minimum atomic E-state index is -4.23. The van der Waals surface area contributed by atoms with Crippen molar-refractivity contribution < 1.29 is 28.3 Å². The van der Waals surface area contributed by atoms with Crippen LogP contribution in [0, 0.1) is 0 Å². The van der Waals surface area contributed by atoms with Crippen LogP contribution in [0.2, 0.25) is 0 Å². The van der Waals surface area contributed by atoms with E-state index in [1.165, 1.54) is 18.9 Å². The number of nitrogens with one attached hydrogen (secondary N) is 2. The van der Waals surface area contributed by atoms with Crippen molar-refractivity contribution in [2.24, 2.45) is 10.7 Å². The number of methoxy groups -OCH3 is 1. The van der Waals surface area contributed by atoms with Gasteiger partial charge in [0.15, 0.2) is 0 Å². The van der Waals surface area contributed by atoms with E-state index in [1.807, 2.05) is 29.2 Å². The van der Waals surface area contributed by atoms with Gasteiger partial charge in [-0.1, -0.05) is 0 Å². The van der Waals surface area contributed by atoms with Gasteiger partial charge < -0.3 is 0 Å². The van der Waals surface area contributed by atoms with Crippen LogP contribution in [-0.4, -0.2) is 75.9 Å². The number of aliphatic imine (C=N–C) groups is 1. The molecule has 5 heterocycles. The van der Waals surface area contributed by atoms with E-state index < -0.39 is 38.9 Å².